The number of benzene rings is 2. The summed E-state index contributed by atoms with van der Waals surface area (Å²) in [6.07, 6.45) is 1.16. The van der Waals surface area contributed by atoms with E-state index in [-0.39, 0.29) is 17.9 Å². The summed E-state index contributed by atoms with van der Waals surface area (Å²) >= 11 is 0. The van der Waals surface area contributed by atoms with Gasteiger partial charge in [-0.3, -0.25) is 9.89 Å². The maximum Gasteiger partial charge on any atom is 0.230 e. The zero-order valence-electron chi connectivity index (χ0n) is 16.1. The molecule has 1 amide bonds. The van der Waals surface area contributed by atoms with Gasteiger partial charge in [0, 0.05) is 23.9 Å². The molecule has 0 bridgehead atoms. The highest BCUT2D eigenvalue weighted by Crippen LogP contribution is 2.34. The van der Waals surface area contributed by atoms with Gasteiger partial charge in [0.15, 0.2) is 17.5 Å². The molecule has 4 rings (SSSR count). The lowest BCUT2D eigenvalue weighted by molar-refractivity contribution is -0.115. The van der Waals surface area contributed by atoms with Crippen LogP contribution in [0.4, 0.5) is 26.1 Å². The van der Waals surface area contributed by atoms with Crippen LogP contribution in [0.5, 0.6) is 11.5 Å². The number of ether oxygens (including phenoxy) is 1. The number of aromatic amines is 1. The summed E-state index contributed by atoms with van der Waals surface area (Å²) in [4.78, 5) is 20.4. The summed E-state index contributed by atoms with van der Waals surface area (Å²) < 4.78 is 32.1. The van der Waals surface area contributed by atoms with Crippen LogP contribution in [0.3, 0.4) is 0 Å². The van der Waals surface area contributed by atoms with Crippen LogP contribution in [0.15, 0.2) is 42.7 Å². The summed E-state index contributed by atoms with van der Waals surface area (Å²) in [6.45, 7) is 0. The van der Waals surface area contributed by atoms with E-state index in [1.54, 1.807) is 12.1 Å². The minimum atomic E-state index is -1.13. The highest BCUT2D eigenvalue weighted by Gasteiger charge is 2.15. The largest absolute Gasteiger partial charge is 0.507 e. The molecular formula is C20H16F2N6O3. The Morgan fingerprint density at radius 1 is 1.23 bits per heavy atom. The number of phenolic OH excluding ortho intramolecular Hbond substituents is 1. The maximum atomic E-state index is 13.7. The van der Waals surface area contributed by atoms with Crippen LogP contribution in [-0.2, 0) is 11.2 Å². The Balaban J connectivity index is 1.50. The summed E-state index contributed by atoms with van der Waals surface area (Å²) in [5.41, 5.74) is 0.629. The smallest absolute Gasteiger partial charge is 0.230 e. The third kappa shape index (κ3) is 4.20. The first-order valence-corrected chi connectivity index (χ1v) is 9.01. The van der Waals surface area contributed by atoms with Gasteiger partial charge in [0.25, 0.3) is 0 Å². The average molecular weight is 426 g/mol. The van der Waals surface area contributed by atoms with E-state index < -0.39 is 17.5 Å². The number of methoxy groups -OCH3 is 1. The molecule has 158 valence electrons. The van der Waals surface area contributed by atoms with Crippen LogP contribution in [0.1, 0.15) is 5.69 Å². The van der Waals surface area contributed by atoms with Gasteiger partial charge in [-0.2, -0.15) is 5.10 Å². The molecule has 0 atom stereocenters. The molecule has 2 aromatic heterocycles. The molecule has 11 heteroatoms. The Hall–Kier alpha value is -4.28. The fourth-order valence-electron chi connectivity index (χ4n) is 2.96. The molecule has 0 aliphatic heterocycles. The van der Waals surface area contributed by atoms with Crippen LogP contribution in [0.2, 0.25) is 0 Å². The molecule has 2 aromatic carbocycles. The first-order chi connectivity index (χ1) is 14.9. The number of amides is 1. The van der Waals surface area contributed by atoms with Crippen LogP contribution in [0.25, 0.3) is 10.9 Å². The topological polar surface area (TPSA) is 125 Å². The number of nitrogens with zero attached hydrogens (tertiary/aromatic N) is 3. The molecule has 0 saturated carbocycles. The van der Waals surface area contributed by atoms with Gasteiger partial charge in [-0.1, -0.05) is 6.07 Å². The minimum Gasteiger partial charge on any atom is -0.507 e. The molecule has 0 aliphatic rings. The number of carbonyl (C=O) groups is 1. The molecule has 4 N–H and O–H groups in total. The Morgan fingerprint density at radius 2 is 2.06 bits per heavy atom. The highest BCUT2D eigenvalue weighted by molar-refractivity contribution is 5.96. The minimum absolute atomic E-state index is 0.0790. The number of H-pyrrole nitrogens is 1. The second kappa shape index (κ2) is 8.22. The fourth-order valence-corrected chi connectivity index (χ4v) is 2.96. The van der Waals surface area contributed by atoms with Crippen molar-refractivity contribution in [2.75, 3.05) is 17.7 Å². The van der Waals surface area contributed by atoms with Crippen molar-refractivity contribution in [1.82, 2.24) is 20.2 Å². The van der Waals surface area contributed by atoms with E-state index in [9.17, 15) is 18.7 Å². The summed E-state index contributed by atoms with van der Waals surface area (Å²) in [5, 5.41) is 22.7. The van der Waals surface area contributed by atoms with E-state index in [0.29, 0.717) is 34.0 Å². The van der Waals surface area contributed by atoms with E-state index >= 15 is 0 Å². The number of aromatic hydroxyl groups is 1. The van der Waals surface area contributed by atoms with Crippen molar-refractivity contribution in [1.29, 1.82) is 0 Å². The summed E-state index contributed by atoms with van der Waals surface area (Å²) in [5.74, 6) is -1.75. The van der Waals surface area contributed by atoms with Gasteiger partial charge in [0.2, 0.25) is 5.91 Å². The second-order valence-electron chi connectivity index (χ2n) is 6.49. The molecule has 0 unspecified atom stereocenters. The molecule has 31 heavy (non-hydrogen) atoms. The number of halogens is 2. The lowest BCUT2D eigenvalue weighted by Crippen LogP contribution is -2.16. The van der Waals surface area contributed by atoms with E-state index in [1.807, 2.05) is 0 Å². The van der Waals surface area contributed by atoms with E-state index in [2.05, 4.69) is 30.8 Å². The predicted octanol–water partition coefficient (Wildman–Crippen LogP) is 3.27. The number of aromatic nitrogens is 4. The van der Waals surface area contributed by atoms with Crippen molar-refractivity contribution in [3.63, 3.8) is 0 Å². The van der Waals surface area contributed by atoms with E-state index in [0.717, 1.165) is 6.07 Å². The molecule has 0 saturated heterocycles. The van der Waals surface area contributed by atoms with Crippen LogP contribution in [-0.4, -0.2) is 38.3 Å². The number of carbonyl (C=O) groups excluding carboxylic acids is 1. The number of nitrogens with one attached hydrogen (secondary N) is 3. The average Bonchev–Trinajstić information content (AvgIpc) is 3.17. The molecule has 0 spiro atoms. The third-order valence-corrected chi connectivity index (χ3v) is 4.38. The number of phenols is 1. The first kappa shape index (κ1) is 20.0. The van der Waals surface area contributed by atoms with Gasteiger partial charge in [-0.15, -0.1) is 0 Å². The lowest BCUT2D eigenvalue weighted by atomic mass is 10.2. The second-order valence-corrected chi connectivity index (χ2v) is 6.49. The number of anilines is 3. The van der Waals surface area contributed by atoms with Crippen molar-refractivity contribution in [3.8, 4) is 11.5 Å². The molecule has 0 radical (unpaired) electrons. The maximum absolute atomic E-state index is 13.7. The Labute approximate surface area is 174 Å². The number of fused-ring (bicyclic) bond motifs is 1. The van der Waals surface area contributed by atoms with Gasteiger partial charge in [-0.05, 0) is 12.1 Å². The molecule has 0 fully saturated rings. The zero-order chi connectivity index (χ0) is 22.0. The van der Waals surface area contributed by atoms with Crippen LogP contribution in [0, 0.1) is 11.6 Å². The molecule has 0 aliphatic carbocycles. The first-order valence-electron chi connectivity index (χ1n) is 9.01. The van der Waals surface area contributed by atoms with Crippen molar-refractivity contribution in [2.24, 2.45) is 0 Å². The molecular weight excluding hydrogens is 410 g/mol. The number of rotatable bonds is 6. The Morgan fingerprint density at radius 3 is 2.87 bits per heavy atom. The molecule has 9 nitrogen and oxygen atoms in total. The van der Waals surface area contributed by atoms with Crippen molar-refractivity contribution in [2.45, 2.75) is 6.42 Å². The van der Waals surface area contributed by atoms with Crippen molar-refractivity contribution in [3.05, 3.63) is 60.1 Å². The molecule has 2 heterocycles. The van der Waals surface area contributed by atoms with Crippen molar-refractivity contribution >= 4 is 34.1 Å². The quantitative estimate of drug-likeness (QED) is 0.373. The third-order valence-electron chi connectivity index (χ3n) is 4.38. The highest BCUT2D eigenvalue weighted by atomic mass is 19.2. The summed E-state index contributed by atoms with van der Waals surface area (Å²) in [7, 11) is 1.48. The Kier molecular flexibility index (Phi) is 5.31. The van der Waals surface area contributed by atoms with Gasteiger partial charge < -0.3 is 20.5 Å². The number of hydrogen-bond acceptors (Lipinski definition) is 7. The van der Waals surface area contributed by atoms with Gasteiger partial charge in [0.05, 0.1) is 30.1 Å². The predicted molar refractivity (Wildman–Crippen MR) is 108 cm³/mol. The fraction of sp³-hybridized carbons (Fsp3) is 0.100. The van der Waals surface area contributed by atoms with Crippen molar-refractivity contribution < 1.29 is 23.4 Å². The van der Waals surface area contributed by atoms with Gasteiger partial charge in [0.1, 0.15) is 23.6 Å². The monoisotopic (exact) mass is 426 g/mol. The Bertz CT molecular complexity index is 1280. The van der Waals surface area contributed by atoms with E-state index in [4.69, 9.17) is 4.74 Å². The molecule has 4 aromatic rings. The van der Waals surface area contributed by atoms with Crippen LogP contribution < -0.4 is 15.4 Å². The van der Waals surface area contributed by atoms with Crippen LogP contribution >= 0.6 is 0 Å². The van der Waals surface area contributed by atoms with Gasteiger partial charge in [-0.25, -0.2) is 18.7 Å². The van der Waals surface area contributed by atoms with E-state index in [1.165, 1.54) is 31.6 Å². The lowest BCUT2D eigenvalue weighted by Gasteiger charge is -2.09. The standard InChI is InChI=1S/C20H16F2N6O3/c1-31-11-7-14-18(15(29)8-11)20(24-9-23-14)26-16-5-10(27-28-16)6-17(30)25-13-4-2-3-12(21)19(13)22/h2-5,7-9,29H,6H2,1H3,(H,25,30)(H2,23,24,26,27,28). The number of hydrogen-bond donors (Lipinski definition) is 4. The summed E-state index contributed by atoms with van der Waals surface area (Å²) in [6, 6.07) is 8.15. The normalized spacial score (nSPS) is 10.8. The SMILES string of the molecule is COc1cc(O)c2c(Nc3cc(CC(=O)Nc4cccc(F)c4F)[nH]n3)ncnc2c1. The van der Waals surface area contributed by atoms with Gasteiger partial charge >= 0.3 is 0 Å². The zero-order valence-corrected chi connectivity index (χ0v) is 16.1.